The van der Waals surface area contributed by atoms with Gasteiger partial charge >= 0.3 is 0 Å². The Morgan fingerprint density at radius 2 is 1.76 bits per heavy atom. The first kappa shape index (κ1) is 10.9. The molecule has 0 aliphatic carbocycles. The lowest BCUT2D eigenvalue weighted by Gasteiger charge is -2.05. The molecule has 5 heteroatoms. The maximum atomic E-state index is 10.6. The van der Waals surface area contributed by atoms with Gasteiger partial charge in [-0.3, -0.25) is 10.1 Å². The van der Waals surface area contributed by atoms with Crippen LogP contribution in [0, 0.1) is 10.1 Å². The van der Waals surface area contributed by atoms with E-state index in [1.807, 2.05) is 0 Å². The van der Waals surface area contributed by atoms with Crippen LogP contribution in [0.1, 0.15) is 0 Å². The minimum Gasteiger partial charge on any atom is -0.457 e. The summed E-state index contributed by atoms with van der Waals surface area (Å²) in [7, 11) is 0. The van der Waals surface area contributed by atoms with Crippen LogP contribution in [-0.4, -0.2) is 4.92 Å². The van der Waals surface area contributed by atoms with Crippen LogP contribution in [0.15, 0.2) is 48.5 Å². The van der Waals surface area contributed by atoms with Gasteiger partial charge in [-0.15, -0.1) is 0 Å². The molecule has 0 spiro atoms. The summed E-state index contributed by atoms with van der Waals surface area (Å²) in [6.07, 6.45) is 0. The molecule has 0 saturated heterocycles. The van der Waals surface area contributed by atoms with Gasteiger partial charge in [-0.2, -0.15) is 0 Å². The molecule has 0 radical (unpaired) electrons. The van der Waals surface area contributed by atoms with Crippen LogP contribution < -0.4 is 10.5 Å². The molecule has 0 bridgehead atoms. The molecule has 0 fully saturated rings. The molecule has 17 heavy (non-hydrogen) atoms. The fourth-order valence-corrected chi connectivity index (χ4v) is 1.33. The second-order valence-electron chi connectivity index (χ2n) is 3.43. The quantitative estimate of drug-likeness (QED) is 0.499. The lowest BCUT2D eigenvalue weighted by atomic mass is 10.3. The molecule has 86 valence electrons. The van der Waals surface area contributed by atoms with E-state index in [9.17, 15) is 10.1 Å². The predicted octanol–water partition coefficient (Wildman–Crippen LogP) is 2.97. The molecular weight excluding hydrogens is 220 g/mol. The first-order valence-electron chi connectivity index (χ1n) is 4.93. The Balaban J connectivity index is 2.21. The van der Waals surface area contributed by atoms with Gasteiger partial charge in [0.05, 0.1) is 11.0 Å². The second-order valence-corrected chi connectivity index (χ2v) is 3.43. The third-order valence-electron chi connectivity index (χ3n) is 2.14. The zero-order valence-electron chi connectivity index (χ0n) is 8.87. The van der Waals surface area contributed by atoms with Gasteiger partial charge in [0, 0.05) is 11.8 Å². The number of rotatable bonds is 3. The van der Waals surface area contributed by atoms with Crippen molar-refractivity contribution in [1.82, 2.24) is 0 Å². The number of hydrogen-bond donors (Lipinski definition) is 1. The number of nitro benzene ring substituents is 1. The Labute approximate surface area is 97.6 Å². The smallest absolute Gasteiger partial charge is 0.273 e. The van der Waals surface area contributed by atoms with E-state index in [0.717, 1.165) is 0 Å². The molecule has 2 aromatic rings. The minimum atomic E-state index is -0.462. The van der Waals surface area contributed by atoms with E-state index in [2.05, 4.69) is 0 Å². The van der Waals surface area contributed by atoms with E-state index in [-0.39, 0.29) is 5.69 Å². The third kappa shape index (κ3) is 2.72. The number of hydrogen-bond acceptors (Lipinski definition) is 4. The van der Waals surface area contributed by atoms with E-state index in [1.165, 1.54) is 12.1 Å². The van der Waals surface area contributed by atoms with Crippen molar-refractivity contribution in [2.75, 3.05) is 5.73 Å². The van der Waals surface area contributed by atoms with Crippen LogP contribution in [0.25, 0.3) is 0 Å². The van der Waals surface area contributed by atoms with Gasteiger partial charge in [0.25, 0.3) is 5.69 Å². The topological polar surface area (TPSA) is 78.4 Å². The molecule has 5 nitrogen and oxygen atoms in total. The van der Waals surface area contributed by atoms with E-state index >= 15 is 0 Å². The lowest BCUT2D eigenvalue weighted by Crippen LogP contribution is -1.90. The van der Waals surface area contributed by atoms with Crippen LogP contribution in [0.3, 0.4) is 0 Å². The largest absolute Gasteiger partial charge is 0.457 e. The van der Waals surface area contributed by atoms with E-state index in [1.54, 1.807) is 36.4 Å². The third-order valence-corrected chi connectivity index (χ3v) is 2.14. The summed E-state index contributed by atoms with van der Waals surface area (Å²) in [4.78, 5) is 10.1. The summed E-state index contributed by atoms with van der Waals surface area (Å²) in [5.41, 5.74) is 6.17. The molecule has 0 aliphatic heterocycles. The average molecular weight is 230 g/mol. The number of non-ortho nitro benzene ring substituents is 1. The molecule has 0 amide bonds. The number of anilines is 1. The summed E-state index contributed by atoms with van der Waals surface area (Å²) >= 11 is 0. The highest BCUT2D eigenvalue weighted by atomic mass is 16.6. The Morgan fingerprint density at radius 1 is 1.06 bits per heavy atom. The summed E-state index contributed by atoms with van der Waals surface area (Å²) in [5.74, 6) is 1.00. The SMILES string of the molecule is Nc1ccc(Oc2cccc([N+](=O)[O-])c2)cc1. The number of benzene rings is 2. The van der Waals surface area contributed by atoms with Crippen molar-refractivity contribution in [3.05, 3.63) is 58.6 Å². The summed E-state index contributed by atoms with van der Waals surface area (Å²) in [6, 6.07) is 12.8. The maximum Gasteiger partial charge on any atom is 0.273 e. The van der Waals surface area contributed by atoms with Crippen molar-refractivity contribution in [3.63, 3.8) is 0 Å². The van der Waals surface area contributed by atoms with Crippen LogP contribution in [0.2, 0.25) is 0 Å². The zero-order valence-corrected chi connectivity index (χ0v) is 8.87. The van der Waals surface area contributed by atoms with Crippen molar-refractivity contribution < 1.29 is 9.66 Å². The Hall–Kier alpha value is -2.56. The lowest BCUT2D eigenvalue weighted by molar-refractivity contribution is -0.384. The summed E-state index contributed by atoms with van der Waals surface area (Å²) in [6.45, 7) is 0. The molecule has 2 rings (SSSR count). The summed E-state index contributed by atoms with van der Waals surface area (Å²) < 4.78 is 5.46. The van der Waals surface area contributed by atoms with E-state index in [4.69, 9.17) is 10.5 Å². The molecule has 0 aromatic heterocycles. The Morgan fingerprint density at radius 3 is 2.41 bits per heavy atom. The van der Waals surface area contributed by atoms with E-state index in [0.29, 0.717) is 17.2 Å². The van der Waals surface area contributed by atoms with Gasteiger partial charge < -0.3 is 10.5 Å². The zero-order chi connectivity index (χ0) is 12.3. The van der Waals surface area contributed by atoms with Gasteiger partial charge in [-0.05, 0) is 30.3 Å². The van der Waals surface area contributed by atoms with Crippen molar-refractivity contribution in [2.24, 2.45) is 0 Å². The second kappa shape index (κ2) is 4.52. The van der Waals surface area contributed by atoms with Gasteiger partial charge in [0.15, 0.2) is 0 Å². The Bertz CT molecular complexity index is 538. The number of nitrogens with two attached hydrogens (primary N) is 1. The van der Waals surface area contributed by atoms with Crippen LogP contribution in [0.5, 0.6) is 11.5 Å². The van der Waals surface area contributed by atoms with Crippen LogP contribution in [-0.2, 0) is 0 Å². The first-order chi connectivity index (χ1) is 8.15. The van der Waals surface area contributed by atoms with Gasteiger partial charge in [0.2, 0.25) is 0 Å². The number of nitrogen functional groups attached to an aromatic ring is 1. The molecular formula is C12H10N2O3. The molecule has 0 saturated carbocycles. The normalized spacial score (nSPS) is 9.88. The number of ether oxygens (including phenoxy) is 1. The van der Waals surface area contributed by atoms with Crippen molar-refractivity contribution in [1.29, 1.82) is 0 Å². The summed E-state index contributed by atoms with van der Waals surface area (Å²) in [5, 5.41) is 10.6. The first-order valence-corrected chi connectivity index (χ1v) is 4.93. The van der Waals surface area contributed by atoms with Crippen LogP contribution in [0.4, 0.5) is 11.4 Å². The highest BCUT2D eigenvalue weighted by Crippen LogP contribution is 2.25. The molecule has 2 N–H and O–H groups in total. The fraction of sp³-hybridized carbons (Fsp3) is 0. The molecule has 0 atom stereocenters. The van der Waals surface area contributed by atoms with Crippen molar-refractivity contribution in [2.45, 2.75) is 0 Å². The number of nitro groups is 1. The standard InChI is InChI=1S/C12H10N2O3/c13-9-4-6-11(7-5-9)17-12-3-1-2-10(8-12)14(15)16/h1-8H,13H2. The highest BCUT2D eigenvalue weighted by Gasteiger charge is 2.06. The predicted molar refractivity (Wildman–Crippen MR) is 64.0 cm³/mol. The minimum absolute atomic E-state index is 0.00190. The van der Waals surface area contributed by atoms with Gasteiger partial charge in [-0.25, -0.2) is 0 Å². The molecule has 0 aliphatic rings. The maximum absolute atomic E-state index is 10.6. The highest BCUT2D eigenvalue weighted by molar-refractivity contribution is 5.44. The number of nitrogens with zero attached hydrogens (tertiary/aromatic N) is 1. The fourth-order valence-electron chi connectivity index (χ4n) is 1.33. The molecule has 0 unspecified atom stereocenters. The monoisotopic (exact) mass is 230 g/mol. The molecule has 0 heterocycles. The van der Waals surface area contributed by atoms with Crippen molar-refractivity contribution in [3.8, 4) is 11.5 Å². The Kier molecular flexibility index (Phi) is 2.91. The van der Waals surface area contributed by atoms with Gasteiger partial charge in [-0.1, -0.05) is 6.07 Å². The van der Waals surface area contributed by atoms with Crippen molar-refractivity contribution >= 4 is 11.4 Å². The van der Waals surface area contributed by atoms with E-state index < -0.39 is 4.92 Å². The van der Waals surface area contributed by atoms with Gasteiger partial charge in [0.1, 0.15) is 11.5 Å². The average Bonchev–Trinajstić information content (AvgIpc) is 2.32. The molecule has 2 aromatic carbocycles. The van der Waals surface area contributed by atoms with Crippen LogP contribution >= 0.6 is 0 Å².